The van der Waals surface area contributed by atoms with Gasteiger partial charge in [-0.15, -0.1) is 0 Å². The number of fused-ring (bicyclic) bond motifs is 2. The van der Waals surface area contributed by atoms with Crippen molar-refractivity contribution in [3.8, 4) is 17.0 Å². The van der Waals surface area contributed by atoms with Crippen LogP contribution in [0.3, 0.4) is 0 Å². The van der Waals surface area contributed by atoms with Crippen LogP contribution >= 0.6 is 15.9 Å². The predicted molar refractivity (Wildman–Crippen MR) is 136 cm³/mol. The minimum absolute atomic E-state index is 0.0153. The molecule has 2 aromatic heterocycles. The van der Waals surface area contributed by atoms with E-state index in [1.807, 2.05) is 22.8 Å². The maximum Gasteiger partial charge on any atom is 0.407 e. The third-order valence-electron chi connectivity index (χ3n) is 7.53. The number of ether oxygens (including phenoxy) is 2. The van der Waals surface area contributed by atoms with Crippen LogP contribution in [-0.4, -0.2) is 96.9 Å². The van der Waals surface area contributed by atoms with E-state index in [1.54, 1.807) is 18.3 Å². The Morgan fingerprint density at radius 3 is 2.54 bits per heavy atom. The van der Waals surface area contributed by atoms with Crippen LogP contribution < -0.4 is 9.64 Å². The van der Waals surface area contributed by atoms with Crippen molar-refractivity contribution in [2.45, 2.75) is 36.7 Å². The first-order valence-electron chi connectivity index (χ1n) is 12.1. The third-order valence-corrected chi connectivity index (χ3v) is 8.15. The summed E-state index contributed by atoms with van der Waals surface area (Å²) >= 11 is 3.54. The smallest absolute Gasteiger partial charge is 0.407 e. The number of imidazole rings is 1. The SMILES string of the molecule is COc1ccc(-c2nc(N3CC4(O)CN(C(=O)O)CC4(O)C3)nc3c2ncn3C2CCCCO2)cc1Br. The Hall–Kier alpha value is -3.00. The molecule has 3 unspecified atom stereocenters. The van der Waals surface area contributed by atoms with E-state index in [2.05, 4.69) is 20.9 Å². The fourth-order valence-corrected chi connectivity index (χ4v) is 6.10. The van der Waals surface area contributed by atoms with Crippen molar-refractivity contribution < 1.29 is 29.6 Å². The summed E-state index contributed by atoms with van der Waals surface area (Å²) in [6, 6.07) is 5.61. The molecule has 37 heavy (non-hydrogen) atoms. The molecule has 3 saturated heterocycles. The Bertz CT molecular complexity index is 1360. The Labute approximate surface area is 220 Å². The van der Waals surface area contributed by atoms with Crippen molar-refractivity contribution in [3.63, 3.8) is 0 Å². The quantitative estimate of drug-likeness (QED) is 0.423. The average Bonchev–Trinajstić information content (AvgIpc) is 3.50. The summed E-state index contributed by atoms with van der Waals surface area (Å²) in [5, 5.41) is 31.9. The first-order chi connectivity index (χ1) is 17.7. The van der Waals surface area contributed by atoms with E-state index in [0.29, 0.717) is 35.2 Å². The molecule has 3 N–H and O–H groups in total. The number of amides is 1. The lowest BCUT2D eigenvalue weighted by Crippen LogP contribution is -2.52. The number of benzene rings is 1. The van der Waals surface area contributed by atoms with Gasteiger partial charge in [-0.3, -0.25) is 4.57 Å². The van der Waals surface area contributed by atoms with Crippen molar-refractivity contribution in [3.05, 3.63) is 29.0 Å². The molecule has 13 heteroatoms. The molecule has 3 aliphatic rings. The summed E-state index contributed by atoms with van der Waals surface area (Å²) in [6.07, 6.45) is 3.21. The topological polar surface area (TPSA) is 146 Å². The number of methoxy groups -OCH3 is 1. The van der Waals surface area contributed by atoms with Gasteiger partial charge in [-0.05, 0) is 53.4 Å². The molecule has 0 saturated carbocycles. The van der Waals surface area contributed by atoms with Crippen LogP contribution in [-0.2, 0) is 4.74 Å². The number of carbonyl (C=O) groups is 1. The van der Waals surface area contributed by atoms with Gasteiger partial charge in [0.2, 0.25) is 5.95 Å². The molecule has 5 heterocycles. The molecule has 196 valence electrons. The highest BCUT2D eigenvalue weighted by atomic mass is 79.9. The molecule has 0 aliphatic carbocycles. The molecule has 3 aromatic rings. The summed E-state index contributed by atoms with van der Waals surface area (Å²) in [6.45, 7) is 0.247. The summed E-state index contributed by atoms with van der Waals surface area (Å²) < 4.78 is 14.0. The lowest BCUT2D eigenvalue weighted by molar-refractivity contribution is -0.0797. The van der Waals surface area contributed by atoms with Gasteiger partial charge < -0.3 is 34.6 Å². The number of rotatable bonds is 4. The van der Waals surface area contributed by atoms with Gasteiger partial charge in [0.05, 0.1) is 44.1 Å². The van der Waals surface area contributed by atoms with Gasteiger partial charge in [0.25, 0.3) is 0 Å². The number of hydrogen-bond acceptors (Lipinski definition) is 9. The molecule has 3 aliphatic heterocycles. The molecular weight excluding hydrogens is 548 g/mol. The van der Waals surface area contributed by atoms with E-state index >= 15 is 0 Å². The third kappa shape index (κ3) is 3.92. The Balaban J connectivity index is 1.45. The van der Waals surface area contributed by atoms with Crippen LogP contribution in [0.1, 0.15) is 25.5 Å². The monoisotopic (exact) mass is 574 g/mol. The van der Waals surface area contributed by atoms with E-state index in [0.717, 1.165) is 34.2 Å². The second-order valence-corrected chi connectivity index (χ2v) is 10.8. The molecule has 12 nitrogen and oxygen atoms in total. The van der Waals surface area contributed by atoms with Gasteiger partial charge in [0, 0.05) is 12.2 Å². The molecule has 0 spiro atoms. The number of nitrogens with zero attached hydrogens (tertiary/aromatic N) is 6. The molecule has 0 radical (unpaired) electrons. The van der Waals surface area contributed by atoms with Gasteiger partial charge in [-0.2, -0.15) is 4.98 Å². The van der Waals surface area contributed by atoms with Crippen LogP contribution in [0.2, 0.25) is 0 Å². The van der Waals surface area contributed by atoms with Gasteiger partial charge in [0.1, 0.15) is 34.4 Å². The average molecular weight is 575 g/mol. The minimum atomic E-state index is -1.64. The number of likely N-dealkylation sites (tertiary alicyclic amines) is 1. The predicted octanol–water partition coefficient (Wildman–Crippen LogP) is 2.24. The van der Waals surface area contributed by atoms with Crippen LogP contribution in [0.5, 0.6) is 5.75 Å². The number of hydrogen-bond donors (Lipinski definition) is 3. The van der Waals surface area contributed by atoms with E-state index < -0.39 is 17.3 Å². The number of halogens is 1. The van der Waals surface area contributed by atoms with Crippen molar-refractivity contribution in [1.29, 1.82) is 0 Å². The maximum absolute atomic E-state index is 11.5. The summed E-state index contributed by atoms with van der Waals surface area (Å²) in [4.78, 5) is 28.5. The summed E-state index contributed by atoms with van der Waals surface area (Å²) in [5.41, 5.74) is -0.726. The highest BCUT2D eigenvalue weighted by Gasteiger charge is 2.63. The van der Waals surface area contributed by atoms with E-state index in [1.165, 1.54) is 0 Å². The number of aliphatic hydroxyl groups is 2. The summed E-state index contributed by atoms with van der Waals surface area (Å²) in [5.74, 6) is 0.986. The van der Waals surface area contributed by atoms with E-state index in [-0.39, 0.29) is 32.4 Å². The fraction of sp³-hybridized carbons (Fsp3) is 0.500. The molecular formula is C24H27BrN6O6. The second kappa shape index (κ2) is 8.79. The number of β-amino-alcohol motifs (C(OH)–C–C–N with tert-alkyl or cyclic N) is 2. The zero-order chi connectivity index (χ0) is 25.9. The van der Waals surface area contributed by atoms with Gasteiger partial charge >= 0.3 is 6.09 Å². The zero-order valence-corrected chi connectivity index (χ0v) is 21.8. The van der Waals surface area contributed by atoms with Gasteiger partial charge in [-0.1, -0.05) is 0 Å². The number of aromatic nitrogens is 4. The largest absolute Gasteiger partial charge is 0.496 e. The first kappa shape index (κ1) is 24.3. The minimum Gasteiger partial charge on any atom is -0.496 e. The highest BCUT2D eigenvalue weighted by Crippen LogP contribution is 2.41. The van der Waals surface area contributed by atoms with Crippen LogP contribution in [0, 0.1) is 0 Å². The normalized spacial score (nSPS) is 27.6. The second-order valence-electron chi connectivity index (χ2n) is 9.92. The van der Waals surface area contributed by atoms with Crippen LogP contribution in [0.25, 0.3) is 22.4 Å². The Morgan fingerprint density at radius 2 is 1.92 bits per heavy atom. The van der Waals surface area contributed by atoms with Gasteiger partial charge in [0.15, 0.2) is 5.65 Å². The standard InChI is InChI=1S/C24H27BrN6O6/c1-36-16-6-5-14(8-15(16)25)18-19-20(31(13-26-19)17-4-2-3-7-37-17)28-21(27-18)29-9-23(34)11-30(22(32)33)12-24(23,35)10-29/h5-6,8,13,17,34-35H,2-4,7,9-12H2,1H3,(H,32,33). The van der Waals surface area contributed by atoms with Gasteiger partial charge in [-0.25, -0.2) is 14.8 Å². The van der Waals surface area contributed by atoms with Crippen molar-refractivity contribution in [2.24, 2.45) is 0 Å². The van der Waals surface area contributed by atoms with Crippen LogP contribution in [0.15, 0.2) is 29.0 Å². The van der Waals surface area contributed by atoms with Crippen molar-refractivity contribution in [2.75, 3.05) is 44.8 Å². The molecule has 3 atom stereocenters. The van der Waals surface area contributed by atoms with E-state index in [4.69, 9.17) is 19.4 Å². The fourth-order valence-electron chi connectivity index (χ4n) is 5.56. The summed E-state index contributed by atoms with van der Waals surface area (Å²) in [7, 11) is 1.60. The number of carboxylic acid groups (broad SMARTS) is 1. The Kier molecular flexibility index (Phi) is 5.78. The van der Waals surface area contributed by atoms with Crippen LogP contribution in [0.4, 0.5) is 10.7 Å². The number of anilines is 1. The first-order valence-corrected chi connectivity index (χ1v) is 12.9. The molecule has 1 aromatic carbocycles. The molecule has 6 rings (SSSR count). The zero-order valence-electron chi connectivity index (χ0n) is 20.2. The highest BCUT2D eigenvalue weighted by molar-refractivity contribution is 9.10. The van der Waals surface area contributed by atoms with E-state index in [9.17, 15) is 20.1 Å². The lowest BCUT2D eigenvalue weighted by Gasteiger charge is -2.26. The lowest BCUT2D eigenvalue weighted by atomic mass is 9.90. The molecule has 1 amide bonds. The van der Waals surface area contributed by atoms with Crippen molar-refractivity contribution in [1.82, 2.24) is 24.4 Å². The van der Waals surface area contributed by atoms with Crippen molar-refractivity contribution >= 4 is 39.1 Å². The molecule has 3 fully saturated rings. The maximum atomic E-state index is 11.5. The Morgan fingerprint density at radius 1 is 1.16 bits per heavy atom. The molecule has 0 bridgehead atoms.